The van der Waals surface area contributed by atoms with Crippen molar-refractivity contribution in [3.05, 3.63) is 41.7 Å². The summed E-state index contributed by atoms with van der Waals surface area (Å²) in [6, 6.07) is 4.45. The fourth-order valence-corrected chi connectivity index (χ4v) is 1.70. The summed E-state index contributed by atoms with van der Waals surface area (Å²) in [5.74, 6) is -0.330. The zero-order valence-corrected chi connectivity index (χ0v) is 10.00. The van der Waals surface area contributed by atoms with Crippen LogP contribution in [-0.4, -0.2) is 18.7 Å². The Morgan fingerprint density at radius 2 is 2.19 bits per heavy atom. The van der Waals surface area contributed by atoms with Crippen molar-refractivity contribution in [3.63, 3.8) is 0 Å². The molecule has 0 aromatic heterocycles. The summed E-state index contributed by atoms with van der Waals surface area (Å²) >= 11 is 0. The number of benzene rings is 1. The van der Waals surface area contributed by atoms with E-state index in [2.05, 4.69) is 6.58 Å². The van der Waals surface area contributed by atoms with Crippen molar-refractivity contribution in [2.45, 2.75) is 20.0 Å². The second-order valence-corrected chi connectivity index (χ2v) is 4.19. The number of nitrogens with zero attached hydrogens (tertiary/aromatic N) is 1. The summed E-state index contributed by atoms with van der Waals surface area (Å²) < 4.78 is 13.1. The molecule has 1 N–H and O–H groups in total. The van der Waals surface area contributed by atoms with Crippen LogP contribution in [0.25, 0.3) is 0 Å². The molecule has 0 aliphatic rings. The van der Waals surface area contributed by atoms with Gasteiger partial charge in [-0.15, -0.1) is 0 Å². The van der Waals surface area contributed by atoms with Gasteiger partial charge in [0.2, 0.25) is 0 Å². The fourth-order valence-electron chi connectivity index (χ4n) is 1.70. The molecule has 0 aliphatic heterocycles. The van der Waals surface area contributed by atoms with E-state index in [4.69, 9.17) is 0 Å². The average Bonchev–Trinajstić information content (AvgIpc) is 2.16. The Kier molecular flexibility index (Phi) is 4.07. The van der Waals surface area contributed by atoms with Crippen molar-refractivity contribution in [2.24, 2.45) is 0 Å². The normalized spacial score (nSPS) is 12.3. The van der Waals surface area contributed by atoms with Crippen LogP contribution in [0.3, 0.4) is 0 Å². The minimum atomic E-state index is -0.682. The first-order valence-electron chi connectivity index (χ1n) is 5.25. The van der Waals surface area contributed by atoms with E-state index in [-0.39, 0.29) is 5.82 Å². The van der Waals surface area contributed by atoms with E-state index >= 15 is 0 Å². The Bertz CT molecular complexity index is 388. The summed E-state index contributed by atoms with van der Waals surface area (Å²) in [4.78, 5) is 1.95. The number of hydrogen-bond acceptors (Lipinski definition) is 2. The smallest absolute Gasteiger partial charge is 0.123 e. The summed E-state index contributed by atoms with van der Waals surface area (Å²) in [6.45, 7) is 8.08. The van der Waals surface area contributed by atoms with Gasteiger partial charge in [-0.2, -0.15) is 0 Å². The quantitative estimate of drug-likeness (QED) is 0.793. The van der Waals surface area contributed by atoms with Crippen LogP contribution in [0.15, 0.2) is 30.4 Å². The van der Waals surface area contributed by atoms with Crippen molar-refractivity contribution in [1.29, 1.82) is 0 Å². The lowest BCUT2D eigenvalue weighted by Gasteiger charge is -2.23. The first kappa shape index (κ1) is 12.7. The molecule has 1 aromatic rings. The summed E-state index contributed by atoms with van der Waals surface area (Å²) in [5, 5.41) is 9.60. The molecule has 0 amide bonds. The van der Waals surface area contributed by atoms with Crippen LogP contribution in [0.4, 0.5) is 10.1 Å². The van der Waals surface area contributed by atoms with Gasteiger partial charge in [-0.05, 0) is 32.0 Å². The minimum absolute atomic E-state index is 0.330. The number of halogens is 1. The fraction of sp³-hybridized carbons (Fsp3) is 0.385. The first-order chi connectivity index (χ1) is 7.41. The largest absolute Gasteiger partial charge is 0.389 e. The lowest BCUT2D eigenvalue weighted by molar-refractivity contribution is 0.199. The molecule has 0 spiro atoms. The van der Waals surface area contributed by atoms with E-state index in [0.717, 1.165) is 11.3 Å². The van der Waals surface area contributed by atoms with Gasteiger partial charge in [0.05, 0.1) is 6.10 Å². The molecule has 16 heavy (non-hydrogen) atoms. The van der Waals surface area contributed by atoms with Crippen LogP contribution in [0.2, 0.25) is 0 Å². The first-order valence-corrected chi connectivity index (χ1v) is 5.25. The lowest BCUT2D eigenvalue weighted by Crippen LogP contribution is -2.21. The van der Waals surface area contributed by atoms with Crippen molar-refractivity contribution < 1.29 is 9.50 Å². The number of hydrogen-bond donors (Lipinski definition) is 1. The zero-order chi connectivity index (χ0) is 12.3. The van der Waals surface area contributed by atoms with E-state index in [9.17, 15) is 9.50 Å². The van der Waals surface area contributed by atoms with Crippen molar-refractivity contribution in [1.82, 2.24) is 0 Å². The van der Waals surface area contributed by atoms with Crippen LogP contribution in [0.1, 0.15) is 25.5 Å². The molecule has 1 atom stereocenters. The molecular weight excluding hydrogens is 205 g/mol. The van der Waals surface area contributed by atoms with Crippen LogP contribution in [0, 0.1) is 5.82 Å². The molecule has 0 bridgehead atoms. The van der Waals surface area contributed by atoms with Crippen LogP contribution in [0.5, 0.6) is 0 Å². The molecule has 2 nitrogen and oxygen atoms in total. The monoisotopic (exact) mass is 223 g/mol. The number of anilines is 1. The highest BCUT2D eigenvalue weighted by Crippen LogP contribution is 2.26. The third-order valence-electron chi connectivity index (χ3n) is 2.36. The molecule has 0 saturated carbocycles. The second-order valence-electron chi connectivity index (χ2n) is 4.19. The number of rotatable bonds is 4. The Morgan fingerprint density at radius 3 is 2.69 bits per heavy atom. The van der Waals surface area contributed by atoms with Gasteiger partial charge in [-0.1, -0.05) is 12.2 Å². The maximum absolute atomic E-state index is 13.1. The minimum Gasteiger partial charge on any atom is -0.389 e. The van der Waals surface area contributed by atoms with Gasteiger partial charge in [-0.25, -0.2) is 4.39 Å². The molecule has 0 saturated heterocycles. The lowest BCUT2D eigenvalue weighted by atomic mass is 10.1. The predicted octanol–water partition coefficient (Wildman–Crippen LogP) is 2.89. The SMILES string of the molecule is C=C(C)CN(C)c1ccc(F)cc1C(C)O. The number of likely N-dealkylation sites (N-methyl/N-ethyl adjacent to an activating group) is 1. The highest BCUT2D eigenvalue weighted by molar-refractivity contribution is 5.54. The van der Waals surface area contributed by atoms with Gasteiger partial charge in [0.25, 0.3) is 0 Å². The van der Waals surface area contributed by atoms with Gasteiger partial charge in [0.15, 0.2) is 0 Å². The Hall–Kier alpha value is -1.35. The summed E-state index contributed by atoms with van der Waals surface area (Å²) in [7, 11) is 1.90. The molecular formula is C13H18FNO. The highest BCUT2D eigenvalue weighted by atomic mass is 19.1. The van der Waals surface area contributed by atoms with Gasteiger partial charge in [0.1, 0.15) is 5.82 Å². The maximum Gasteiger partial charge on any atom is 0.123 e. The highest BCUT2D eigenvalue weighted by Gasteiger charge is 2.12. The Labute approximate surface area is 96.0 Å². The standard InChI is InChI=1S/C13H18FNO/c1-9(2)8-15(4)13-6-5-11(14)7-12(13)10(3)16/h5-7,10,16H,1,8H2,2-4H3. The molecule has 0 radical (unpaired) electrons. The van der Waals surface area contributed by atoms with E-state index in [0.29, 0.717) is 12.1 Å². The molecule has 3 heteroatoms. The zero-order valence-electron chi connectivity index (χ0n) is 10.00. The van der Waals surface area contributed by atoms with Crippen LogP contribution in [-0.2, 0) is 0 Å². The third-order valence-corrected chi connectivity index (χ3v) is 2.36. The van der Waals surface area contributed by atoms with Crippen molar-refractivity contribution >= 4 is 5.69 Å². The van der Waals surface area contributed by atoms with Gasteiger partial charge >= 0.3 is 0 Å². The molecule has 0 aliphatic carbocycles. The van der Waals surface area contributed by atoms with E-state index < -0.39 is 6.10 Å². The van der Waals surface area contributed by atoms with E-state index in [1.165, 1.54) is 12.1 Å². The maximum atomic E-state index is 13.1. The molecule has 88 valence electrons. The summed E-state index contributed by atoms with van der Waals surface area (Å²) in [6.07, 6.45) is -0.682. The topological polar surface area (TPSA) is 23.5 Å². The molecule has 1 unspecified atom stereocenters. The predicted molar refractivity (Wildman–Crippen MR) is 65.1 cm³/mol. The van der Waals surface area contributed by atoms with Gasteiger partial charge in [-0.3, -0.25) is 0 Å². The molecule has 1 rings (SSSR count). The van der Waals surface area contributed by atoms with E-state index in [1.54, 1.807) is 13.0 Å². The van der Waals surface area contributed by atoms with Crippen molar-refractivity contribution in [3.8, 4) is 0 Å². The van der Waals surface area contributed by atoms with Crippen molar-refractivity contribution in [2.75, 3.05) is 18.5 Å². The number of aliphatic hydroxyl groups excluding tert-OH is 1. The Morgan fingerprint density at radius 1 is 1.56 bits per heavy atom. The summed E-state index contributed by atoms with van der Waals surface area (Å²) in [5.41, 5.74) is 2.45. The van der Waals surface area contributed by atoms with Gasteiger partial charge < -0.3 is 10.0 Å². The van der Waals surface area contributed by atoms with Crippen LogP contribution >= 0.6 is 0 Å². The second kappa shape index (κ2) is 5.12. The average molecular weight is 223 g/mol. The molecule has 1 aromatic carbocycles. The van der Waals surface area contributed by atoms with Crippen LogP contribution < -0.4 is 4.90 Å². The molecule has 0 fully saturated rings. The Balaban J connectivity index is 3.07. The number of aliphatic hydroxyl groups is 1. The van der Waals surface area contributed by atoms with Gasteiger partial charge in [0, 0.05) is 24.8 Å². The van der Waals surface area contributed by atoms with E-state index in [1.807, 2.05) is 18.9 Å². The molecule has 0 heterocycles. The third kappa shape index (κ3) is 3.07.